The van der Waals surface area contributed by atoms with Gasteiger partial charge in [-0.2, -0.15) is 0 Å². The fourth-order valence-electron chi connectivity index (χ4n) is 2.37. The largest absolute Gasteiger partial charge is 0.477 e. The van der Waals surface area contributed by atoms with Crippen molar-refractivity contribution < 1.29 is 9.90 Å². The minimum Gasteiger partial charge on any atom is -0.477 e. The Morgan fingerprint density at radius 2 is 2.05 bits per heavy atom. The number of piperidine rings is 1. The lowest BCUT2D eigenvalue weighted by Gasteiger charge is -2.35. The fraction of sp³-hybridized carbons (Fsp3) is 0.615. The number of hydrogen-bond donors (Lipinski definition) is 1. The van der Waals surface area contributed by atoms with E-state index in [9.17, 15) is 4.79 Å². The molecule has 0 atom stereocenters. The summed E-state index contributed by atoms with van der Waals surface area (Å²) < 4.78 is 0. The van der Waals surface area contributed by atoms with E-state index in [1.165, 1.54) is 6.07 Å². The fourth-order valence-corrected chi connectivity index (χ4v) is 2.37. The maximum atomic E-state index is 11.0. The smallest absolute Gasteiger partial charge is 0.354 e. The number of nitrogens with zero attached hydrogens (tertiary/aromatic N) is 4. The molecule has 1 saturated heterocycles. The molecule has 1 aromatic rings. The number of anilines is 1. The first kappa shape index (κ1) is 13.7. The SMILES string of the molecule is Cc1cc(C(=O)O)nc(N(C)C2CCN(C)CC2)n1. The van der Waals surface area contributed by atoms with E-state index in [-0.39, 0.29) is 5.69 Å². The van der Waals surface area contributed by atoms with Gasteiger partial charge in [0, 0.05) is 18.8 Å². The summed E-state index contributed by atoms with van der Waals surface area (Å²) in [5.41, 5.74) is 0.740. The molecule has 2 rings (SSSR count). The summed E-state index contributed by atoms with van der Waals surface area (Å²) in [5, 5.41) is 9.05. The first-order chi connectivity index (χ1) is 8.97. The Morgan fingerprint density at radius 3 is 2.63 bits per heavy atom. The molecular formula is C13H20N4O2. The van der Waals surface area contributed by atoms with Crippen molar-refractivity contribution in [1.82, 2.24) is 14.9 Å². The summed E-state index contributed by atoms with van der Waals surface area (Å²) in [6.07, 6.45) is 2.10. The minimum atomic E-state index is -1.01. The number of carboxylic acids is 1. The molecule has 1 aliphatic rings. The number of carboxylic acid groups (broad SMARTS) is 1. The normalized spacial score (nSPS) is 17.4. The van der Waals surface area contributed by atoms with Crippen LogP contribution in [-0.4, -0.2) is 59.2 Å². The summed E-state index contributed by atoms with van der Waals surface area (Å²) >= 11 is 0. The molecule has 0 spiro atoms. The number of hydrogen-bond acceptors (Lipinski definition) is 5. The molecule has 104 valence electrons. The number of aromatic carboxylic acids is 1. The van der Waals surface area contributed by atoms with Crippen molar-refractivity contribution in [1.29, 1.82) is 0 Å². The lowest BCUT2D eigenvalue weighted by atomic mass is 10.0. The molecule has 0 aliphatic carbocycles. The standard InChI is InChI=1S/C13H20N4O2/c1-9-8-11(12(18)19)15-13(14-9)17(3)10-4-6-16(2)7-5-10/h8,10H,4-7H2,1-3H3,(H,18,19). The third-order valence-corrected chi connectivity index (χ3v) is 3.61. The van der Waals surface area contributed by atoms with Gasteiger partial charge in [-0.15, -0.1) is 0 Å². The zero-order valence-corrected chi connectivity index (χ0v) is 11.6. The second-order valence-electron chi connectivity index (χ2n) is 5.15. The number of aromatic nitrogens is 2. The van der Waals surface area contributed by atoms with Crippen LogP contribution in [0.25, 0.3) is 0 Å². The van der Waals surface area contributed by atoms with Crippen molar-refractivity contribution in [3.8, 4) is 0 Å². The second kappa shape index (κ2) is 5.52. The van der Waals surface area contributed by atoms with Crippen molar-refractivity contribution in [3.05, 3.63) is 17.5 Å². The number of carbonyl (C=O) groups is 1. The summed E-state index contributed by atoms with van der Waals surface area (Å²) in [6.45, 7) is 3.89. The van der Waals surface area contributed by atoms with Gasteiger partial charge in [0.2, 0.25) is 5.95 Å². The lowest BCUT2D eigenvalue weighted by Crippen LogP contribution is -2.42. The van der Waals surface area contributed by atoms with Gasteiger partial charge in [0.15, 0.2) is 5.69 Å². The maximum absolute atomic E-state index is 11.0. The number of likely N-dealkylation sites (tertiary alicyclic amines) is 1. The Morgan fingerprint density at radius 1 is 1.42 bits per heavy atom. The van der Waals surface area contributed by atoms with Crippen molar-refractivity contribution >= 4 is 11.9 Å². The van der Waals surface area contributed by atoms with Gasteiger partial charge in [-0.05, 0) is 46.0 Å². The molecule has 1 aromatic heterocycles. The van der Waals surface area contributed by atoms with E-state index >= 15 is 0 Å². The van der Waals surface area contributed by atoms with E-state index in [1.54, 1.807) is 6.92 Å². The highest BCUT2D eigenvalue weighted by molar-refractivity contribution is 5.85. The van der Waals surface area contributed by atoms with Crippen LogP contribution in [0.2, 0.25) is 0 Å². The van der Waals surface area contributed by atoms with Crippen molar-refractivity contribution in [2.24, 2.45) is 0 Å². The van der Waals surface area contributed by atoms with Crippen LogP contribution in [0, 0.1) is 6.92 Å². The summed E-state index contributed by atoms with van der Waals surface area (Å²) in [5.74, 6) is -0.504. The quantitative estimate of drug-likeness (QED) is 0.878. The lowest BCUT2D eigenvalue weighted by molar-refractivity contribution is 0.0690. The molecule has 1 N–H and O–H groups in total. The molecule has 0 radical (unpaired) electrons. The highest BCUT2D eigenvalue weighted by atomic mass is 16.4. The summed E-state index contributed by atoms with van der Waals surface area (Å²) in [6, 6.07) is 1.87. The van der Waals surface area contributed by atoms with E-state index in [0.29, 0.717) is 17.7 Å². The second-order valence-corrected chi connectivity index (χ2v) is 5.15. The molecule has 0 unspecified atom stereocenters. The monoisotopic (exact) mass is 264 g/mol. The van der Waals surface area contributed by atoms with Gasteiger partial charge in [-0.25, -0.2) is 14.8 Å². The van der Waals surface area contributed by atoms with E-state index in [4.69, 9.17) is 5.11 Å². The predicted octanol–water partition coefficient (Wildman–Crippen LogP) is 1.01. The topological polar surface area (TPSA) is 69.6 Å². The number of aryl methyl sites for hydroxylation is 1. The van der Waals surface area contributed by atoms with Gasteiger partial charge in [0.05, 0.1) is 0 Å². The molecule has 2 heterocycles. The maximum Gasteiger partial charge on any atom is 0.354 e. The Balaban J connectivity index is 2.18. The molecular weight excluding hydrogens is 244 g/mol. The van der Waals surface area contributed by atoms with E-state index in [0.717, 1.165) is 25.9 Å². The zero-order chi connectivity index (χ0) is 14.0. The molecule has 0 saturated carbocycles. The molecule has 0 aromatic carbocycles. The first-order valence-electron chi connectivity index (χ1n) is 6.47. The third-order valence-electron chi connectivity index (χ3n) is 3.61. The molecule has 0 amide bonds. The van der Waals surface area contributed by atoms with Crippen molar-refractivity contribution in [2.45, 2.75) is 25.8 Å². The van der Waals surface area contributed by atoms with E-state index in [1.807, 2.05) is 11.9 Å². The molecule has 19 heavy (non-hydrogen) atoms. The third kappa shape index (κ3) is 3.20. The average molecular weight is 264 g/mol. The van der Waals surface area contributed by atoms with Crippen LogP contribution in [0.5, 0.6) is 0 Å². The van der Waals surface area contributed by atoms with Gasteiger partial charge in [-0.3, -0.25) is 0 Å². The minimum absolute atomic E-state index is 0.0577. The molecule has 1 fully saturated rings. The highest BCUT2D eigenvalue weighted by Gasteiger charge is 2.23. The van der Waals surface area contributed by atoms with Crippen LogP contribution in [0.4, 0.5) is 5.95 Å². The van der Waals surface area contributed by atoms with Gasteiger partial charge in [-0.1, -0.05) is 0 Å². The average Bonchev–Trinajstić information content (AvgIpc) is 2.38. The number of rotatable bonds is 3. The van der Waals surface area contributed by atoms with Crippen LogP contribution in [-0.2, 0) is 0 Å². The van der Waals surface area contributed by atoms with Gasteiger partial charge in [0.1, 0.15) is 0 Å². The van der Waals surface area contributed by atoms with Crippen LogP contribution in [0.1, 0.15) is 29.0 Å². The first-order valence-corrected chi connectivity index (χ1v) is 6.47. The Kier molecular flexibility index (Phi) is 3.99. The van der Waals surface area contributed by atoms with Gasteiger partial charge >= 0.3 is 5.97 Å². The Labute approximate surface area is 113 Å². The molecule has 0 bridgehead atoms. The predicted molar refractivity (Wildman–Crippen MR) is 72.7 cm³/mol. The molecule has 6 nitrogen and oxygen atoms in total. The Bertz CT molecular complexity index is 470. The highest BCUT2D eigenvalue weighted by Crippen LogP contribution is 2.19. The van der Waals surface area contributed by atoms with Crippen LogP contribution >= 0.6 is 0 Å². The van der Waals surface area contributed by atoms with Gasteiger partial charge < -0.3 is 14.9 Å². The van der Waals surface area contributed by atoms with E-state index < -0.39 is 5.97 Å². The van der Waals surface area contributed by atoms with E-state index in [2.05, 4.69) is 21.9 Å². The van der Waals surface area contributed by atoms with Crippen LogP contribution < -0.4 is 4.90 Å². The van der Waals surface area contributed by atoms with Crippen molar-refractivity contribution in [3.63, 3.8) is 0 Å². The van der Waals surface area contributed by atoms with Gasteiger partial charge in [0.25, 0.3) is 0 Å². The summed E-state index contributed by atoms with van der Waals surface area (Å²) in [4.78, 5) is 23.8. The molecule has 1 aliphatic heterocycles. The van der Waals surface area contributed by atoms with Crippen molar-refractivity contribution in [2.75, 3.05) is 32.1 Å². The Hall–Kier alpha value is -1.69. The summed E-state index contributed by atoms with van der Waals surface area (Å²) in [7, 11) is 4.05. The van der Waals surface area contributed by atoms with Crippen LogP contribution in [0.3, 0.4) is 0 Å². The molecule has 6 heteroatoms. The van der Waals surface area contributed by atoms with Crippen LogP contribution in [0.15, 0.2) is 6.07 Å². The zero-order valence-electron chi connectivity index (χ0n) is 11.6.